The Balaban J connectivity index is 1.84. The lowest BCUT2D eigenvalue weighted by Crippen LogP contribution is -2.40. The molecule has 4 nitrogen and oxygen atoms in total. The van der Waals surface area contributed by atoms with E-state index in [9.17, 15) is 9.90 Å². The quantitative estimate of drug-likeness (QED) is 0.747. The molecule has 2 atom stereocenters. The Labute approximate surface area is 120 Å². The Morgan fingerprint density at radius 1 is 1.50 bits per heavy atom. The highest BCUT2D eigenvalue weighted by molar-refractivity contribution is 5.78. The minimum atomic E-state index is -0.809. The SMILES string of the molecule is CCCC(C)(O)CNC(=O)CC1CNc2ccccc21. The number of nitrogens with one attached hydrogen (secondary N) is 2. The van der Waals surface area contributed by atoms with E-state index in [1.165, 1.54) is 5.56 Å². The molecule has 0 bridgehead atoms. The van der Waals surface area contributed by atoms with E-state index in [2.05, 4.69) is 16.7 Å². The predicted octanol–water partition coefficient (Wildman–Crippen LogP) is 2.25. The summed E-state index contributed by atoms with van der Waals surface area (Å²) in [4.78, 5) is 12.0. The molecule has 4 heteroatoms. The Bertz CT molecular complexity index is 471. The summed E-state index contributed by atoms with van der Waals surface area (Å²) >= 11 is 0. The number of hydrogen-bond acceptors (Lipinski definition) is 3. The normalized spacial score (nSPS) is 19.9. The first-order valence-electron chi connectivity index (χ1n) is 7.34. The van der Waals surface area contributed by atoms with Gasteiger partial charge in [-0.25, -0.2) is 0 Å². The van der Waals surface area contributed by atoms with E-state index in [0.717, 1.165) is 18.7 Å². The van der Waals surface area contributed by atoms with Gasteiger partial charge in [-0.3, -0.25) is 4.79 Å². The van der Waals surface area contributed by atoms with Crippen LogP contribution in [0.1, 0.15) is 44.6 Å². The van der Waals surface area contributed by atoms with Gasteiger partial charge in [-0.15, -0.1) is 0 Å². The number of benzene rings is 1. The molecule has 1 aliphatic heterocycles. The summed E-state index contributed by atoms with van der Waals surface area (Å²) in [7, 11) is 0. The maximum atomic E-state index is 12.0. The molecule has 2 unspecified atom stereocenters. The lowest BCUT2D eigenvalue weighted by atomic mass is 9.97. The molecule has 1 aromatic rings. The van der Waals surface area contributed by atoms with Crippen molar-refractivity contribution in [1.82, 2.24) is 5.32 Å². The Kier molecular flexibility index (Phi) is 4.65. The number of amides is 1. The lowest BCUT2D eigenvalue weighted by molar-refractivity contribution is -0.122. The molecule has 0 radical (unpaired) electrons. The van der Waals surface area contributed by atoms with Gasteiger partial charge in [0.15, 0.2) is 0 Å². The van der Waals surface area contributed by atoms with Gasteiger partial charge >= 0.3 is 0 Å². The summed E-state index contributed by atoms with van der Waals surface area (Å²) < 4.78 is 0. The highest BCUT2D eigenvalue weighted by atomic mass is 16.3. The molecule has 0 fully saturated rings. The van der Waals surface area contributed by atoms with Crippen molar-refractivity contribution in [3.63, 3.8) is 0 Å². The molecule has 1 aromatic carbocycles. The highest BCUT2D eigenvalue weighted by Gasteiger charge is 2.25. The van der Waals surface area contributed by atoms with E-state index >= 15 is 0 Å². The molecule has 0 spiro atoms. The number of anilines is 1. The number of aliphatic hydroxyl groups is 1. The van der Waals surface area contributed by atoms with Crippen LogP contribution < -0.4 is 10.6 Å². The molecule has 1 amide bonds. The van der Waals surface area contributed by atoms with E-state index in [1.807, 2.05) is 25.1 Å². The first-order valence-corrected chi connectivity index (χ1v) is 7.34. The topological polar surface area (TPSA) is 61.4 Å². The summed E-state index contributed by atoms with van der Waals surface area (Å²) in [6.45, 7) is 4.92. The van der Waals surface area contributed by atoms with E-state index in [1.54, 1.807) is 6.92 Å². The van der Waals surface area contributed by atoms with Gasteiger partial charge in [0.2, 0.25) is 5.91 Å². The minimum Gasteiger partial charge on any atom is -0.388 e. The molecular weight excluding hydrogens is 252 g/mol. The van der Waals surface area contributed by atoms with Crippen LogP contribution in [0, 0.1) is 0 Å². The second kappa shape index (κ2) is 6.27. The molecule has 1 heterocycles. The molecule has 2 rings (SSSR count). The molecule has 3 N–H and O–H groups in total. The molecular formula is C16H24N2O2. The summed E-state index contributed by atoms with van der Waals surface area (Å²) in [5, 5.41) is 16.2. The fraction of sp³-hybridized carbons (Fsp3) is 0.562. The number of carbonyl (C=O) groups is 1. The molecule has 0 saturated carbocycles. The van der Waals surface area contributed by atoms with Crippen molar-refractivity contribution >= 4 is 11.6 Å². The van der Waals surface area contributed by atoms with E-state index in [0.29, 0.717) is 19.4 Å². The van der Waals surface area contributed by atoms with Crippen molar-refractivity contribution in [2.75, 3.05) is 18.4 Å². The maximum absolute atomic E-state index is 12.0. The van der Waals surface area contributed by atoms with Crippen LogP contribution in [-0.2, 0) is 4.79 Å². The van der Waals surface area contributed by atoms with Crippen LogP contribution in [0.25, 0.3) is 0 Å². The summed E-state index contributed by atoms with van der Waals surface area (Å²) in [6, 6.07) is 8.11. The van der Waals surface area contributed by atoms with Crippen LogP contribution in [-0.4, -0.2) is 29.7 Å². The Morgan fingerprint density at radius 2 is 2.25 bits per heavy atom. The third-order valence-corrected chi connectivity index (χ3v) is 3.83. The van der Waals surface area contributed by atoms with Crippen LogP contribution in [0.2, 0.25) is 0 Å². The zero-order valence-corrected chi connectivity index (χ0v) is 12.3. The van der Waals surface area contributed by atoms with Gasteiger partial charge in [-0.2, -0.15) is 0 Å². The predicted molar refractivity (Wildman–Crippen MR) is 80.8 cm³/mol. The average molecular weight is 276 g/mol. The Hall–Kier alpha value is -1.55. The van der Waals surface area contributed by atoms with Gasteiger partial charge in [0.25, 0.3) is 0 Å². The van der Waals surface area contributed by atoms with Crippen LogP contribution in [0.5, 0.6) is 0 Å². The number of rotatable bonds is 6. The van der Waals surface area contributed by atoms with Crippen LogP contribution in [0.3, 0.4) is 0 Å². The molecule has 0 aliphatic carbocycles. The van der Waals surface area contributed by atoms with Crippen LogP contribution >= 0.6 is 0 Å². The Morgan fingerprint density at radius 3 is 3.00 bits per heavy atom. The molecule has 1 aliphatic rings. The first-order chi connectivity index (χ1) is 9.52. The summed E-state index contributed by atoms with van der Waals surface area (Å²) in [5.41, 5.74) is 1.53. The fourth-order valence-corrected chi connectivity index (χ4v) is 2.75. The van der Waals surface area contributed by atoms with Crippen molar-refractivity contribution in [2.24, 2.45) is 0 Å². The van der Waals surface area contributed by atoms with E-state index in [4.69, 9.17) is 0 Å². The molecule has 20 heavy (non-hydrogen) atoms. The van der Waals surface area contributed by atoms with E-state index < -0.39 is 5.60 Å². The summed E-state index contributed by atoms with van der Waals surface area (Å²) in [6.07, 6.45) is 2.07. The summed E-state index contributed by atoms with van der Waals surface area (Å²) in [5.74, 6) is 0.229. The number of hydrogen-bond donors (Lipinski definition) is 3. The number of fused-ring (bicyclic) bond motifs is 1. The third-order valence-electron chi connectivity index (χ3n) is 3.83. The van der Waals surface area contributed by atoms with Crippen LogP contribution in [0.15, 0.2) is 24.3 Å². The first kappa shape index (κ1) is 14.9. The fourth-order valence-electron chi connectivity index (χ4n) is 2.75. The van der Waals surface area contributed by atoms with Crippen molar-refractivity contribution in [1.29, 1.82) is 0 Å². The average Bonchev–Trinajstić information content (AvgIpc) is 2.80. The monoisotopic (exact) mass is 276 g/mol. The van der Waals surface area contributed by atoms with Gasteiger partial charge in [0.05, 0.1) is 5.60 Å². The van der Waals surface area contributed by atoms with Crippen molar-refractivity contribution in [3.8, 4) is 0 Å². The molecule has 0 aromatic heterocycles. The zero-order chi connectivity index (χ0) is 14.6. The van der Waals surface area contributed by atoms with E-state index in [-0.39, 0.29) is 11.8 Å². The van der Waals surface area contributed by atoms with Gasteiger partial charge in [-0.05, 0) is 25.0 Å². The van der Waals surface area contributed by atoms with Gasteiger partial charge in [0, 0.05) is 31.1 Å². The van der Waals surface area contributed by atoms with Gasteiger partial charge < -0.3 is 15.7 Å². The van der Waals surface area contributed by atoms with Gasteiger partial charge in [-0.1, -0.05) is 31.5 Å². The molecule has 110 valence electrons. The standard InChI is InChI=1S/C16H24N2O2/c1-3-8-16(2,20)11-18-15(19)9-12-10-17-14-7-5-4-6-13(12)14/h4-7,12,17,20H,3,8-11H2,1-2H3,(H,18,19). The maximum Gasteiger partial charge on any atom is 0.220 e. The van der Waals surface area contributed by atoms with Crippen LogP contribution in [0.4, 0.5) is 5.69 Å². The number of para-hydroxylation sites is 1. The third kappa shape index (κ3) is 3.73. The second-order valence-electron chi connectivity index (χ2n) is 5.89. The largest absolute Gasteiger partial charge is 0.388 e. The number of carbonyl (C=O) groups excluding carboxylic acids is 1. The second-order valence-corrected chi connectivity index (χ2v) is 5.89. The van der Waals surface area contributed by atoms with Gasteiger partial charge in [0.1, 0.15) is 0 Å². The van der Waals surface area contributed by atoms with Crippen molar-refractivity contribution < 1.29 is 9.90 Å². The van der Waals surface area contributed by atoms with Crippen molar-refractivity contribution in [2.45, 2.75) is 44.6 Å². The molecule has 0 saturated heterocycles. The van der Waals surface area contributed by atoms with Crippen molar-refractivity contribution in [3.05, 3.63) is 29.8 Å². The zero-order valence-electron chi connectivity index (χ0n) is 12.3. The minimum absolute atomic E-state index is 0.00452. The highest BCUT2D eigenvalue weighted by Crippen LogP contribution is 2.33. The lowest BCUT2D eigenvalue weighted by Gasteiger charge is -2.23. The smallest absolute Gasteiger partial charge is 0.220 e.